The third-order valence-corrected chi connectivity index (χ3v) is 2.77. The van der Waals surface area contributed by atoms with E-state index in [4.69, 9.17) is 0 Å². The zero-order chi connectivity index (χ0) is 10.7. The summed E-state index contributed by atoms with van der Waals surface area (Å²) in [6.07, 6.45) is 0. The molecule has 0 unspecified atom stereocenters. The molecule has 0 spiro atoms. The standard InChI is InChI=1S/C10H11N3OS/c1-2-11-10(14)12-9-7-5-3-4-6-8(7)15-13-9/h3-6H,2H2,1H3,(H2,11,12,13,14). The molecule has 0 saturated carbocycles. The van der Waals surface area contributed by atoms with Crippen molar-refractivity contribution in [2.24, 2.45) is 0 Å². The van der Waals surface area contributed by atoms with Gasteiger partial charge in [0, 0.05) is 11.9 Å². The molecule has 4 nitrogen and oxygen atoms in total. The lowest BCUT2D eigenvalue weighted by Crippen LogP contribution is -2.28. The van der Waals surface area contributed by atoms with Crippen LogP contribution in [0.3, 0.4) is 0 Å². The number of nitrogens with one attached hydrogen (secondary N) is 2. The Morgan fingerprint density at radius 3 is 3.07 bits per heavy atom. The Morgan fingerprint density at radius 1 is 1.47 bits per heavy atom. The van der Waals surface area contributed by atoms with Crippen molar-refractivity contribution in [3.8, 4) is 0 Å². The van der Waals surface area contributed by atoms with E-state index in [1.807, 2.05) is 31.2 Å². The van der Waals surface area contributed by atoms with Gasteiger partial charge in [-0.05, 0) is 30.6 Å². The predicted molar refractivity (Wildman–Crippen MR) is 62.3 cm³/mol. The molecule has 78 valence electrons. The monoisotopic (exact) mass is 221 g/mol. The number of aromatic nitrogens is 1. The third kappa shape index (κ3) is 2.07. The van der Waals surface area contributed by atoms with Gasteiger partial charge in [0.25, 0.3) is 0 Å². The molecule has 5 heteroatoms. The SMILES string of the molecule is CCNC(=O)Nc1nsc2ccccc12. The number of hydrogen-bond acceptors (Lipinski definition) is 3. The second-order valence-corrected chi connectivity index (χ2v) is 3.82. The highest BCUT2D eigenvalue weighted by molar-refractivity contribution is 7.13. The van der Waals surface area contributed by atoms with Gasteiger partial charge in [-0.25, -0.2) is 4.79 Å². The zero-order valence-electron chi connectivity index (χ0n) is 8.28. The van der Waals surface area contributed by atoms with Gasteiger partial charge in [-0.2, -0.15) is 4.37 Å². The van der Waals surface area contributed by atoms with E-state index in [9.17, 15) is 4.79 Å². The Labute approximate surface area is 91.5 Å². The maximum absolute atomic E-state index is 11.3. The number of amides is 2. The average molecular weight is 221 g/mol. The molecule has 2 aromatic rings. The summed E-state index contributed by atoms with van der Waals surface area (Å²) in [6, 6.07) is 7.60. The highest BCUT2D eigenvalue weighted by Crippen LogP contribution is 2.25. The molecule has 2 amide bonds. The molecule has 0 aliphatic heterocycles. The van der Waals surface area contributed by atoms with Gasteiger partial charge in [0.05, 0.1) is 4.70 Å². The Hall–Kier alpha value is -1.62. The molecule has 0 atom stereocenters. The number of rotatable bonds is 2. The Morgan fingerprint density at radius 2 is 2.27 bits per heavy atom. The lowest BCUT2D eigenvalue weighted by molar-refractivity contribution is 0.252. The second kappa shape index (κ2) is 4.27. The van der Waals surface area contributed by atoms with Gasteiger partial charge in [-0.1, -0.05) is 12.1 Å². The van der Waals surface area contributed by atoms with E-state index >= 15 is 0 Å². The van der Waals surface area contributed by atoms with E-state index in [0.29, 0.717) is 12.4 Å². The number of nitrogens with zero attached hydrogens (tertiary/aromatic N) is 1. The smallest absolute Gasteiger partial charge is 0.320 e. The van der Waals surface area contributed by atoms with E-state index in [2.05, 4.69) is 15.0 Å². The van der Waals surface area contributed by atoms with Crippen LogP contribution in [0.2, 0.25) is 0 Å². The maximum atomic E-state index is 11.3. The predicted octanol–water partition coefficient (Wildman–Crippen LogP) is 2.44. The van der Waals surface area contributed by atoms with E-state index in [1.165, 1.54) is 11.5 Å². The molecule has 0 aliphatic carbocycles. The van der Waals surface area contributed by atoms with Crippen molar-refractivity contribution in [2.75, 3.05) is 11.9 Å². The number of fused-ring (bicyclic) bond motifs is 1. The van der Waals surface area contributed by atoms with Gasteiger partial charge >= 0.3 is 6.03 Å². The minimum atomic E-state index is -0.214. The Balaban J connectivity index is 2.25. The first kappa shape index (κ1) is 9.92. The summed E-state index contributed by atoms with van der Waals surface area (Å²) < 4.78 is 5.26. The molecule has 2 N–H and O–H groups in total. The summed E-state index contributed by atoms with van der Waals surface area (Å²) in [5, 5.41) is 6.36. The molecular weight excluding hydrogens is 210 g/mol. The first-order valence-electron chi connectivity index (χ1n) is 4.70. The topological polar surface area (TPSA) is 54.0 Å². The number of anilines is 1. The minimum Gasteiger partial charge on any atom is -0.338 e. The number of carbonyl (C=O) groups is 1. The molecule has 0 saturated heterocycles. The van der Waals surface area contributed by atoms with Crippen LogP contribution in [0.1, 0.15) is 6.92 Å². The van der Waals surface area contributed by atoms with Crippen molar-refractivity contribution < 1.29 is 4.79 Å². The first-order chi connectivity index (χ1) is 7.31. The number of benzene rings is 1. The van der Waals surface area contributed by atoms with Crippen LogP contribution in [0.25, 0.3) is 10.1 Å². The van der Waals surface area contributed by atoms with E-state index in [1.54, 1.807) is 0 Å². The van der Waals surface area contributed by atoms with Gasteiger partial charge in [0.1, 0.15) is 0 Å². The van der Waals surface area contributed by atoms with E-state index < -0.39 is 0 Å². The number of hydrogen-bond donors (Lipinski definition) is 2. The van der Waals surface area contributed by atoms with Crippen molar-refractivity contribution in [3.05, 3.63) is 24.3 Å². The van der Waals surface area contributed by atoms with Gasteiger partial charge in [-0.3, -0.25) is 5.32 Å². The fourth-order valence-electron chi connectivity index (χ4n) is 1.29. The summed E-state index contributed by atoms with van der Waals surface area (Å²) in [5.74, 6) is 0.626. The molecule has 1 aromatic carbocycles. The summed E-state index contributed by atoms with van der Waals surface area (Å²) in [5.41, 5.74) is 0. The highest BCUT2D eigenvalue weighted by Gasteiger charge is 2.07. The molecule has 1 heterocycles. The van der Waals surface area contributed by atoms with Gasteiger partial charge in [-0.15, -0.1) is 0 Å². The van der Waals surface area contributed by atoms with Gasteiger partial charge in [0.15, 0.2) is 5.82 Å². The van der Waals surface area contributed by atoms with Crippen LogP contribution in [0.15, 0.2) is 24.3 Å². The summed E-state index contributed by atoms with van der Waals surface area (Å²) in [7, 11) is 0. The van der Waals surface area contributed by atoms with Crippen LogP contribution in [0.5, 0.6) is 0 Å². The quantitative estimate of drug-likeness (QED) is 0.818. The van der Waals surface area contributed by atoms with Crippen LogP contribution in [-0.2, 0) is 0 Å². The summed E-state index contributed by atoms with van der Waals surface area (Å²) in [4.78, 5) is 11.3. The Kier molecular flexibility index (Phi) is 2.82. The molecule has 0 fully saturated rings. The molecular formula is C10H11N3OS. The van der Waals surface area contributed by atoms with Crippen molar-refractivity contribution in [1.82, 2.24) is 9.69 Å². The zero-order valence-corrected chi connectivity index (χ0v) is 9.10. The molecule has 0 aliphatic rings. The normalized spacial score (nSPS) is 10.2. The van der Waals surface area contributed by atoms with Crippen LogP contribution < -0.4 is 10.6 Å². The fourth-order valence-corrected chi connectivity index (χ4v) is 2.02. The van der Waals surface area contributed by atoms with Crippen LogP contribution in [0, 0.1) is 0 Å². The maximum Gasteiger partial charge on any atom is 0.320 e. The second-order valence-electron chi connectivity index (χ2n) is 3.01. The summed E-state index contributed by atoms with van der Waals surface area (Å²) in [6.45, 7) is 2.48. The molecule has 15 heavy (non-hydrogen) atoms. The van der Waals surface area contributed by atoms with Crippen LogP contribution in [-0.4, -0.2) is 16.9 Å². The fraction of sp³-hybridized carbons (Fsp3) is 0.200. The summed E-state index contributed by atoms with van der Waals surface area (Å²) >= 11 is 1.38. The molecule has 1 aromatic heterocycles. The lowest BCUT2D eigenvalue weighted by atomic mass is 10.3. The molecule has 0 radical (unpaired) electrons. The van der Waals surface area contributed by atoms with E-state index in [-0.39, 0.29) is 6.03 Å². The van der Waals surface area contributed by atoms with Crippen LogP contribution >= 0.6 is 11.5 Å². The van der Waals surface area contributed by atoms with E-state index in [0.717, 1.165) is 10.1 Å². The largest absolute Gasteiger partial charge is 0.338 e. The Bertz CT molecular complexity index is 480. The van der Waals surface area contributed by atoms with Gasteiger partial charge in [0.2, 0.25) is 0 Å². The van der Waals surface area contributed by atoms with Crippen LogP contribution in [0.4, 0.5) is 10.6 Å². The first-order valence-corrected chi connectivity index (χ1v) is 5.48. The molecule has 0 bridgehead atoms. The minimum absolute atomic E-state index is 0.214. The molecule has 2 rings (SSSR count). The lowest BCUT2D eigenvalue weighted by Gasteiger charge is -2.02. The van der Waals surface area contributed by atoms with Crippen molar-refractivity contribution >= 4 is 33.5 Å². The van der Waals surface area contributed by atoms with Crippen molar-refractivity contribution in [2.45, 2.75) is 6.92 Å². The number of carbonyl (C=O) groups excluding carboxylic acids is 1. The van der Waals surface area contributed by atoms with Crippen molar-refractivity contribution in [1.29, 1.82) is 0 Å². The third-order valence-electron chi connectivity index (χ3n) is 1.95. The van der Waals surface area contributed by atoms with Gasteiger partial charge < -0.3 is 5.32 Å². The number of urea groups is 1. The highest BCUT2D eigenvalue weighted by atomic mass is 32.1. The van der Waals surface area contributed by atoms with Crippen molar-refractivity contribution in [3.63, 3.8) is 0 Å². The average Bonchev–Trinajstić information content (AvgIpc) is 2.62.